The second-order valence-electron chi connectivity index (χ2n) is 6.27. The van der Waals surface area contributed by atoms with Crippen molar-refractivity contribution in [1.82, 2.24) is 4.90 Å². The summed E-state index contributed by atoms with van der Waals surface area (Å²) in [5.41, 5.74) is 1.31. The first-order valence-corrected chi connectivity index (χ1v) is 9.70. The lowest BCUT2D eigenvalue weighted by molar-refractivity contribution is -0.121. The molecule has 3 nitrogen and oxygen atoms in total. The van der Waals surface area contributed by atoms with Gasteiger partial charge >= 0.3 is 0 Å². The number of amides is 1. The van der Waals surface area contributed by atoms with Crippen molar-refractivity contribution in [3.63, 3.8) is 0 Å². The van der Waals surface area contributed by atoms with Crippen LogP contribution in [-0.4, -0.2) is 23.9 Å². The van der Waals surface area contributed by atoms with E-state index in [0.29, 0.717) is 23.7 Å². The normalized spacial score (nSPS) is 18.1. The summed E-state index contributed by atoms with van der Waals surface area (Å²) in [5.74, 6) is -0.373. The van der Waals surface area contributed by atoms with E-state index in [4.69, 9.17) is 11.6 Å². The summed E-state index contributed by atoms with van der Waals surface area (Å²) in [5, 5.41) is 3.41. The molecule has 132 valence electrons. The number of likely N-dealkylation sites (tertiary alicyclic amines) is 1. The summed E-state index contributed by atoms with van der Waals surface area (Å²) in [6.07, 6.45) is 1.76. The molecule has 2 aromatic rings. The third-order valence-electron chi connectivity index (χ3n) is 4.43. The van der Waals surface area contributed by atoms with Gasteiger partial charge in [-0.25, -0.2) is 4.39 Å². The molecule has 3 rings (SSSR count). The second-order valence-corrected chi connectivity index (χ2v) is 7.92. The van der Waals surface area contributed by atoms with Gasteiger partial charge in [0.25, 0.3) is 0 Å². The van der Waals surface area contributed by atoms with Crippen LogP contribution in [0.4, 0.5) is 10.1 Å². The van der Waals surface area contributed by atoms with Crippen molar-refractivity contribution in [2.24, 2.45) is 5.92 Å². The maximum absolute atomic E-state index is 14.0. The first-order valence-electron chi connectivity index (χ1n) is 8.24. The van der Waals surface area contributed by atoms with Crippen LogP contribution < -0.4 is 5.32 Å². The van der Waals surface area contributed by atoms with E-state index < -0.39 is 0 Å². The fraction of sp³-hybridized carbons (Fsp3) is 0.316. The van der Waals surface area contributed by atoms with E-state index in [0.717, 1.165) is 28.6 Å². The molecule has 0 aliphatic carbocycles. The Bertz CT molecular complexity index is 733. The summed E-state index contributed by atoms with van der Waals surface area (Å²) in [6, 6.07) is 12.5. The lowest BCUT2D eigenvalue weighted by Crippen LogP contribution is -2.40. The van der Waals surface area contributed by atoms with E-state index in [2.05, 4.69) is 32.8 Å². The molecular weight excluding hydrogens is 454 g/mol. The van der Waals surface area contributed by atoms with E-state index in [1.54, 1.807) is 12.1 Å². The molecule has 1 aliphatic heterocycles. The number of nitrogens with zero attached hydrogens (tertiary/aromatic N) is 1. The van der Waals surface area contributed by atoms with Gasteiger partial charge in [-0.15, -0.1) is 0 Å². The molecule has 0 aromatic heterocycles. The number of halogens is 3. The molecule has 0 bridgehead atoms. The van der Waals surface area contributed by atoms with Crippen LogP contribution in [0.3, 0.4) is 0 Å². The molecule has 2 aromatic carbocycles. The van der Waals surface area contributed by atoms with Crippen molar-refractivity contribution >= 4 is 45.8 Å². The highest BCUT2D eigenvalue weighted by molar-refractivity contribution is 14.1. The molecule has 0 saturated carbocycles. The van der Waals surface area contributed by atoms with Gasteiger partial charge in [-0.1, -0.05) is 17.7 Å². The lowest BCUT2D eigenvalue weighted by Gasteiger charge is -2.32. The molecule has 25 heavy (non-hydrogen) atoms. The Hall–Kier alpha value is -1.18. The van der Waals surface area contributed by atoms with Crippen LogP contribution >= 0.6 is 34.2 Å². The molecule has 1 fully saturated rings. The van der Waals surface area contributed by atoms with Crippen molar-refractivity contribution in [2.75, 3.05) is 18.4 Å². The standard InChI is InChI=1S/C19H19ClFIN2O/c20-17-4-1-5-18(21)16(17)12-24-10-2-3-13(11-24)19(25)23-15-8-6-14(22)7-9-15/h1,4-9,13H,2-3,10-12H2,(H,23,25). The van der Waals surface area contributed by atoms with E-state index in [-0.39, 0.29) is 17.6 Å². The van der Waals surface area contributed by atoms with Crippen molar-refractivity contribution in [2.45, 2.75) is 19.4 Å². The second kappa shape index (κ2) is 8.47. The number of hydrogen-bond donors (Lipinski definition) is 1. The topological polar surface area (TPSA) is 32.3 Å². The molecular formula is C19H19ClFIN2O. The first kappa shape index (κ1) is 18.6. The van der Waals surface area contributed by atoms with Crippen molar-refractivity contribution in [3.8, 4) is 0 Å². The Morgan fingerprint density at radius 3 is 2.76 bits per heavy atom. The average molecular weight is 473 g/mol. The molecule has 0 radical (unpaired) electrons. The number of benzene rings is 2. The minimum atomic E-state index is -0.294. The van der Waals surface area contributed by atoms with Gasteiger partial charge in [0.1, 0.15) is 5.82 Å². The quantitative estimate of drug-likeness (QED) is 0.640. The molecule has 1 N–H and O–H groups in total. The summed E-state index contributed by atoms with van der Waals surface area (Å²) in [4.78, 5) is 14.6. The number of anilines is 1. The SMILES string of the molecule is O=C(Nc1ccc(I)cc1)C1CCCN(Cc2c(F)cccc2Cl)C1. The highest BCUT2D eigenvalue weighted by atomic mass is 127. The minimum absolute atomic E-state index is 0.0190. The number of nitrogens with one attached hydrogen (secondary N) is 1. The van der Waals surface area contributed by atoms with Gasteiger partial charge in [-0.3, -0.25) is 9.69 Å². The van der Waals surface area contributed by atoms with Crippen LogP contribution in [0.1, 0.15) is 18.4 Å². The zero-order valence-electron chi connectivity index (χ0n) is 13.6. The summed E-state index contributed by atoms with van der Waals surface area (Å²) < 4.78 is 15.1. The van der Waals surface area contributed by atoms with Crippen LogP contribution in [-0.2, 0) is 11.3 Å². The van der Waals surface area contributed by atoms with E-state index in [1.165, 1.54) is 6.07 Å². The predicted octanol–water partition coefficient (Wildman–Crippen LogP) is 4.93. The van der Waals surface area contributed by atoms with Gasteiger partial charge in [0.15, 0.2) is 0 Å². The third-order valence-corrected chi connectivity index (χ3v) is 5.50. The van der Waals surface area contributed by atoms with Gasteiger partial charge in [-0.2, -0.15) is 0 Å². The molecule has 1 unspecified atom stereocenters. The molecule has 1 aliphatic rings. The predicted molar refractivity (Wildman–Crippen MR) is 107 cm³/mol. The largest absolute Gasteiger partial charge is 0.326 e. The van der Waals surface area contributed by atoms with Gasteiger partial charge in [0.2, 0.25) is 5.91 Å². The monoisotopic (exact) mass is 472 g/mol. The number of rotatable bonds is 4. The van der Waals surface area contributed by atoms with Gasteiger partial charge in [0.05, 0.1) is 5.92 Å². The molecule has 1 saturated heterocycles. The Labute approximate surface area is 165 Å². The third kappa shape index (κ3) is 4.92. The fourth-order valence-electron chi connectivity index (χ4n) is 3.10. The van der Waals surface area contributed by atoms with E-state index in [9.17, 15) is 9.18 Å². The van der Waals surface area contributed by atoms with Crippen molar-refractivity contribution in [3.05, 3.63) is 62.4 Å². The summed E-state index contributed by atoms with van der Waals surface area (Å²) >= 11 is 8.35. The smallest absolute Gasteiger partial charge is 0.228 e. The lowest BCUT2D eigenvalue weighted by atomic mass is 9.96. The molecule has 1 amide bonds. The van der Waals surface area contributed by atoms with Crippen LogP contribution in [0.15, 0.2) is 42.5 Å². The maximum Gasteiger partial charge on any atom is 0.228 e. The number of piperidine rings is 1. The van der Waals surface area contributed by atoms with Crippen LogP contribution in [0.5, 0.6) is 0 Å². The Morgan fingerprint density at radius 2 is 2.04 bits per heavy atom. The van der Waals surface area contributed by atoms with E-state index in [1.807, 2.05) is 24.3 Å². The highest BCUT2D eigenvalue weighted by Crippen LogP contribution is 2.25. The number of carbonyl (C=O) groups excluding carboxylic acids is 1. The highest BCUT2D eigenvalue weighted by Gasteiger charge is 2.26. The number of carbonyl (C=O) groups is 1. The van der Waals surface area contributed by atoms with Gasteiger partial charge in [0, 0.05) is 32.9 Å². The van der Waals surface area contributed by atoms with Crippen LogP contribution in [0, 0.1) is 15.3 Å². The zero-order valence-corrected chi connectivity index (χ0v) is 16.6. The van der Waals surface area contributed by atoms with Crippen LogP contribution in [0.25, 0.3) is 0 Å². The maximum atomic E-state index is 14.0. The fourth-order valence-corrected chi connectivity index (χ4v) is 3.68. The Balaban J connectivity index is 1.62. The minimum Gasteiger partial charge on any atom is -0.326 e. The Kier molecular flexibility index (Phi) is 6.30. The Morgan fingerprint density at radius 1 is 1.28 bits per heavy atom. The van der Waals surface area contributed by atoms with Crippen molar-refractivity contribution < 1.29 is 9.18 Å². The number of hydrogen-bond acceptors (Lipinski definition) is 2. The van der Waals surface area contributed by atoms with E-state index >= 15 is 0 Å². The molecule has 1 atom stereocenters. The zero-order chi connectivity index (χ0) is 17.8. The van der Waals surface area contributed by atoms with Crippen LogP contribution in [0.2, 0.25) is 5.02 Å². The van der Waals surface area contributed by atoms with Gasteiger partial charge < -0.3 is 5.32 Å². The molecule has 6 heteroatoms. The molecule has 1 heterocycles. The average Bonchev–Trinajstić information content (AvgIpc) is 2.60. The summed E-state index contributed by atoms with van der Waals surface area (Å²) in [6.45, 7) is 1.89. The summed E-state index contributed by atoms with van der Waals surface area (Å²) in [7, 11) is 0. The van der Waals surface area contributed by atoms with Gasteiger partial charge in [-0.05, 0) is 78.4 Å². The molecule has 0 spiro atoms. The van der Waals surface area contributed by atoms with Crippen molar-refractivity contribution in [1.29, 1.82) is 0 Å². The first-order chi connectivity index (χ1) is 12.0.